The average Bonchev–Trinajstić information content (AvgIpc) is 2.35. The van der Waals surface area contributed by atoms with Crippen molar-refractivity contribution in [2.45, 2.75) is 6.10 Å². The van der Waals surface area contributed by atoms with E-state index in [2.05, 4.69) is 5.32 Å². The largest absolute Gasteiger partial charge is 0.497 e. The predicted octanol–water partition coefficient (Wildman–Crippen LogP) is -0.196. The molecule has 0 aromatic heterocycles. The van der Waals surface area contributed by atoms with Crippen LogP contribution in [0.1, 0.15) is 11.7 Å². The molecule has 1 amide bonds. The molecule has 1 rings (SSSR count). The zero-order chi connectivity index (χ0) is 12.0. The molecule has 0 saturated heterocycles. The molecule has 5 nitrogen and oxygen atoms in total. The molecule has 0 aliphatic rings. The minimum Gasteiger partial charge on any atom is -0.497 e. The van der Waals surface area contributed by atoms with Crippen LogP contribution < -0.4 is 15.8 Å². The van der Waals surface area contributed by atoms with Crippen LogP contribution in [0.15, 0.2) is 24.3 Å². The highest BCUT2D eigenvalue weighted by Crippen LogP contribution is 2.18. The minimum atomic E-state index is -0.759. The molecule has 1 unspecified atom stereocenters. The summed E-state index contributed by atoms with van der Waals surface area (Å²) in [5.74, 6) is 0.378. The number of amides is 1. The van der Waals surface area contributed by atoms with Crippen molar-refractivity contribution in [3.63, 3.8) is 0 Å². The van der Waals surface area contributed by atoms with Crippen LogP contribution in [-0.4, -0.2) is 31.2 Å². The third-order valence-corrected chi connectivity index (χ3v) is 2.16. The van der Waals surface area contributed by atoms with E-state index in [1.807, 2.05) is 0 Å². The molecule has 1 atom stereocenters. The Labute approximate surface area is 94.2 Å². The summed E-state index contributed by atoms with van der Waals surface area (Å²) >= 11 is 0. The Morgan fingerprint density at radius 3 is 3.00 bits per heavy atom. The number of ether oxygens (including phenoxy) is 1. The highest BCUT2D eigenvalue weighted by Gasteiger charge is 2.09. The molecule has 5 heteroatoms. The second-order valence-electron chi connectivity index (χ2n) is 3.30. The summed E-state index contributed by atoms with van der Waals surface area (Å²) in [5, 5.41) is 12.3. The molecule has 0 spiro atoms. The molecule has 0 aliphatic heterocycles. The van der Waals surface area contributed by atoms with Crippen LogP contribution in [0.5, 0.6) is 5.75 Å². The van der Waals surface area contributed by atoms with E-state index in [1.165, 1.54) is 0 Å². The Bertz CT molecular complexity index is 355. The molecule has 16 heavy (non-hydrogen) atoms. The SMILES string of the molecule is COc1cccc(C(O)CNC(=O)CN)c1. The van der Waals surface area contributed by atoms with Gasteiger partial charge in [0.1, 0.15) is 5.75 Å². The van der Waals surface area contributed by atoms with Crippen molar-refractivity contribution >= 4 is 5.91 Å². The molecule has 0 fully saturated rings. The van der Waals surface area contributed by atoms with E-state index in [1.54, 1.807) is 31.4 Å². The van der Waals surface area contributed by atoms with Crippen LogP contribution in [0.3, 0.4) is 0 Å². The zero-order valence-corrected chi connectivity index (χ0v) is 9.14. The van der Waals surface area contributed by atoms with Gasteiger partial charge in [-0.2, -0.15) is 0 Å². The number of carbonyl (C=O) groups excluding carboxylic acids is 1. The minimum absolute atomic E-state index is 0.0785. The number of nitrogens with two attached hydrogens (primary N) is 1. The maximum absolute atomic E-state index is 10.9. The summed E-state index contributed by atoms with van der Waals surface area (Å²) in [7, 11) is 1.56. The Morgan fingerprint density at radius 2 is 2.38 bits per heavy atom. The summed E-state index contributed by atoms with van der Waals surface area (Å²) in [6, 6.07) is 7.05. The Morgan fingerprint density at radius 1 is 1.62 bits per heavy atom. The van der Waals surface area contributed by atoms with Gasteiger partial charge in [-0.05, 0) is 17.7 Å². The van der Waals surface area contributed by atoms with Crippen LogP contribution in [0, 0.1) is 0 Å². The second-order valence-corrected chi connectivity index (χ2v) is 3.30. The fraction of sp³-hybridized carbons (Fsp3) is 0.364. The van der Waals surface area contributed by atoms with Crippen molar-refractivity contribution in [2.24, 2.45) is 5.73 Å². The quantitative estimate of drug-likeness (QED) is 0.647. The fourth-order valence-electron chi connectivity index (χ4n) is 1.25. The lowest BCUT2D eigenvalue weighted by Crippen LogP contribution is -2.33. The normalized spacial score (nSPS) is 11.9. The fourth-order valence-corrected chi connectivity index (χ4v) is 1.25. The van der Waals surface area contributed by atoms with Gasteiger partial charge >= 0.3 is 0 Å². The summed E-state index contributed by atoms with van der Waals surface area (Å²) in [6.45, 7) is 0.0635. The molecule has 0 bridgehead atoms. The Kier molecular flexibility index (Phi) is 4.75. The first-order valence-corrected chi connectivity index (χ1v) is 4.96. The number of hydrogen-bond acceptors (Lipinski definition) is 4. The number of hydrogen-bond donors (Lipinski definition) is 3. The molecule has 1 aromatic rings. The van der Waals surface area contributed by atoms with Gasteiger partial charge < -0.3 is 20.9 Å². The van der Waals surface area contributed by atoms with Crippen molar-refractivity contribution in [1.29, 1.82) is 0 Å². The van der Waals surface area contributed by atoms with Crippen LogP contribution in [-0.2, 0) is 4.79 Å². The lowest BCUT2D eigenvalue weighted by Gasteiger charge is -2.12. The second kappa shape index (κ2) is 6.09. The molecule has 1 aromatic carbocycles. The van der Waals surface area contributed by atoms with Gasteiger partial charge in [0.25, 0.3) is 0 Å². The number of aliphatic hydroxyl groups is 1. The molecule has 0 saturated carbocycles. The molecule has 0 radical (unpaired) electrons. The molecule has 88 valence electrons. The van der Waals surface area contributed by atoms with Crippen LogP contribution in [0.25, 0.3) is 0 Å². The number of carbonyl (C=O) groups is 1. The number of rotatable bonds is 5. The first-order valence-electron chi connectivity index (χ1n) is 4.96. The smallest absolute Gasteiger partial charge is 0.233 e. The standard InChI is InChI=1S/C11H16N2O3/c1-16-9-4-2-3-8(5-9)10(14)7-13-11(15)6-12/h2-5,10,14H,6-7,12H2,1H3,(H,13,15). The van der Waals surface area contributed by atoms with Gasteiger partial charge in [-0.25, -0.2) is 0 Å². The third kappa shape index (κ3) is 3.52. The summed E-state index contributed by atoms with van der Waals surface area (Å²) in [5.41, 5.74) is 5.82. The molecule has 0 heterocycles. The Hall–Kier alpha value is -1.59. The van der Waals surface area contributed by atoms with E-state index in [4.69, 9.17) is 10.5 Å². The highest BCUT2D eigenvalue weighted by atomic mass is 16.5. The van der Waals surface area contributed by atoms with E-state index in [-0.39, 0.29) is 19.0 Å². The van der Waals surface area contributed by atoms with Crippen molar-refractivity contribution < 1.29 is 14.6 Å². The van der Waals surface area contributed by atoms with E-state index < -0.39 is 6.10 Å². The van der Waals surface area contributed by atoms with Crippen LogP contribution in [0.4, 0.5) is 0 Å². The summed E-state index contributed by atoms with van der Waals surface area (Å²) in [4.78, 5) is 10.9. The van der Waals surface area contributed by atoms with E-state index >= 15 is 0 Å². The summed E-state index contributed by atoms with van der Waals surface area (Å²) < 4.78 is 5.03. The van der Waals surface area contributed by atoms with Crippen molar-refractivity contribution in [1.82, 2.24) is 5.32 Å². The predicted molar refractivity (Wildman–Crippen MR) is 60.0 cm³/mol. The van der Waals surface area contributed by atoms with Gasteiger partial charge in [-0.3, -0.25) is 4.79 Å². The number of methoxy groups -OCH3 is 1. The van der Waals surface area contributed by atoms with Crippen LogP contribution >= 0.6 is 0 Å². The van der Waals surface area contributed by atoms with E-state index in [9.17, 15) is 9.90 Å². The molecule has 0 aliphatic carbocycles. The van der Waals surface area contributed by atoms with E-state index in [0.29, 0.717) is 11.3 Å². The first-order chi connectivity index (χ1) is 7.67. The molecule has 4 N–H and O–H groups in total. The lowest BCUT2D eigenvalue weighted by molar-refractivity contribution is -0.120. The maximum atomic E-state index is 10.9. The zero-order valence-electron chi connectivity index (χ0n) is 9.14. The molecular formula is C11H16N2O3. The number of aliphatic hydroxyl groups excluding tert-OH is 1. The topological polar surface area (TPSA) is 84.6 Å². The number of nitrogens with one attached hydrogen (secondary N) is 1. The average molecular weight is 224 g/mol. The van der Waals surface area contributed by atoms with Gasteiger partial charge in [0, 0.05) is 6.54 Å². The monoisotopic (exact) mass is 224 g/mol. The third-order valence-electron chi connectivity index (χ3n) is 2.16. The highest BCUT2D eigenvalue weighted by molar-refractivity contribution is 5.77. The van der Waals surface area contributed by atoms with E-state index in [0.717, 1.165) is 0 Å². The van der Waals surface area contributed by atoms with Gasteiger partial charge in [-0.1, -0.05) is 12.1 Å². The number of benzene rings is 1. The van der Waals surface area contributed by atoms with Gasteiger partial charge in [0.05, 0.1) is 19.8 Å². The van der Waals surface area contributed by atoms with Gasteiger partial charge in [0.2, 0.25) is 5.91 Å². The van der Waals surface area contributed by atoms with Gasteiger partial charge in [-0.15, -0.1) is 0 Å². The van der Waals surface area contributed by atoms with Crippen LogP contribution in [0.2, 0.25) is 0 Å². The summed E-state index contributed by atoms with van der Waals surface area (Å²) in [6.07, 6.45) is -0.759. The lowest BCUT2D eigenvalue weighted by atomic mass is 10.1. The molecular weight excluding hydrogens is 208 g/mol. The van der Waals surface area contributed by atoms with Crippen molar-refractivity contribution in [2.75, 3.05) is 20.2 Å². The van der Waals surface area contributed by atoms with Crippen molar-refractivity contribution in [3.8, 4) is 5.75 Å². The maximum Gasteiger partial charge on any atom is 0.233 e. The van der Waals surface area contributed by atoms with Crippen molar-refractivity contribution in [3.05, 3.63) is 29.8 Å². The first kappa shape index (κ1) is 12.5. The Balaban J connectivity index is 2.58. The van der Waals surface area contributed by atoms with Gasteiger partial charge in [0.15, 0.2) is 0 Å².